The van der Waals surface area contributed by atoms with E-state index in [1.54, 1.807) is 0 Å². The largest absolute Gasteiger partial charge is 0.306 e. The molecule has 1 fully saturated rings. The molecule has 2 rings (SSSR count). The first-order chi connectivity index (χ1) is 7.16. The Balaban J connectivity index is 2.13. The summed E-state index contributed by atoms with van der Waals surface area (Å²) in [5, 5.41) is 0.833. The molecule has 1 aromatic carbocycles. The van der Waals surface area contributed by atoms with Crippen molar-refractivity contribution in [2.75, 3.05) is 20.1 Å². The van der Waals surface area contributed by atoms with Crippen molar-refractivity contribution in [3.8, 4) is 0 Å². The second kappa shape index (κ2) is 4.54. The summed E-state index contributed by atoms with van der Waals surface area (Å²) in [5.41, 5.74) is 1.44. The van der Waals surface area contributed by atoms with Crippen LogP contribution in [0.5, 0.6) is 0 Å². The van der Waals surface area contributed by atoms with Crippen LogP contribution in [-0.4, -0.2) is 25.0 Å². The van der Waals surface area contributed by atoms with E-state index in [0.717, 1.165) is 10.9 Å². The zero-order chi connectivity index (χ0) is 10.8. The first-order valence-corrected chi connectivity index (χ1v) is 5.98. The molecule has 2 heteroatoms. The van der Waals surface area contributed by atoms with Crippen molar-refractivity contribution in [3.05, 3.63) is 34.9 Å². The number of benzene rings is 1. The molecule has 0 saturated carbocycles. The Bertz CT molecular complexity index is 320. The monoisotopic (exact) mass is 223 g/mol. The zero-order valence-electron chi connectivity index (χ0n) is 9.41. The first kappa shape index (κ1) is 11.0. The van der Waals surface area contributed by atoms with Crippen molar-refractivity contribution >= 4 is 11.6 Å². The fourth-order valence-electron chi connectivity index (χ4n) is 2.56. The second-order valence-corrected chi connectivity index (χ2v) is 5.12. The number of rotatable bonds is 1. The van der Waals surface area contributed by atoms with E-state index in [9.17, 15) is 0 Å². The van der Waals surface area contributed by atoms with Crippen molar-refractivity contribution in [2.45, 2.75) is 19.3 Å². The predicted octanol–water partition coefficient (Wildman–Crippen LogP) is 3.40. The molecule has 0 amide bonds. The molecule has 0 aromatic heterocycles. The number of hydrogen-bond donors (Lipinski definition) is 0. The maximum atomic E-state index is 5.90. The number of piperidine rings is 1. The van der Waals surface area contributed by atoms with Gasteiger partial charge in [0, 0.05) is 11.6 Å². The Labute approximate surface area is 97.0 Å². The van der Waals surface area contributed by atoms with E-state index in [2.05, 4.69) is 31.0 Å². The molecule has 2 atom stereocenters. The second-order valence-electron chi connectivity index (χ2n) is 4.69. The van der Waals surface area contributed by atoms with Crippen LogP contribution >= 0.6 is 11.6 Å². The Morgan fingerprint density at radius 1 is 1.27 bits per heavy atom. The maximum Gasteiger partial charge on any atom is 0.0406 e. The summed E-state index contributed by atoms with van der Waals surface area (Å²) in [6, 6.07) is 8.35. The van der Waals surface area contributed by atoms with E-state index < -0.39 is 0 Å². The van der Waals surface area contributed by atoms with Crippen LogP contribution in [0.15, 0.2) is 24.3 Å². The SMILES string of the molecule is C[C@@H]1CN(C)CCC1c1ccc(Cl)cc1. The van der Waals surface area contributed by atoms with Crippen LogP contribution < -0.4 is 0 Å². The van der Waals surface area contributed by atoms with Gasteiger partial charge in [-0.05, 0) is 49.5 Å². The topological polar surface area (TPSA) is 3.24 Å². The van der Waals surface area contributed by atoms with Crippen LogP contribution in [0.1, 0.15) is 24.8 Å². The lowest BCUT2D eigenvalue weighted by molar-refractivity contribution is 0.195. The summed E-state index contributed by atoms with van der Waals surface area (Å²) < 4.78 is 0. The van der Waals surface area contributed by atoms with Gasteiger partial charge in [-0.15, -0.1) is 0 Å². The van der Waals surface area contributed by atoms with Crippen LogP contribution in [0.25, 0.3) is 0 Å². The number of halogens is 1. The molecule has 1 heterocycles. The summed E-state index contributed by atoms with van der Waals surface area (Å²) in [6.07, 6.45) is 1.26. The minimum Gasteiger partial charge on any atom is -0.306 e. The molecule has 0 spiro atoms. The molecule has 15 heavy (non-hydrogen) atoms. The Morgan fingerprint density at radius 3 is 2.53 bits per heavy atom. The number of nitrogens with zero attached hydrogens (tertiary/aromatic N) is 1. The van der Waals surface area contributed by atoms with Gasteiger partial charge in [0.05, 0.1) is 0 Å². The standard InChI is InChI=1S/C13H18ClN/c1-10-9-15(2)8-7-13(10)11-3-5-12(14)6-4-11/h3-6,10,13H,7-9H2,1-2H3/t10-,13?/m1/s1. The fourth-order valence-corrected chi connectivity index (χ4v) is 2.69. The lowest BCUT2D eigenvalue weighted by Crippen LogP contribution is -2.35. The lowest BCUT2D eigenvalue weighted by atomic mass is 9.82. The van der Waals surface area contributed by atoms with Gasteiger partial charge in [0.1, 0.15) is 0 Å². The number of likely N-dealkylation sites (tertiary alicyclic amines) is 1. The summed E-state index contributed by atoms with van der Waals surface area (Å²) >= 11 is 5.90. The Hall–Kier alpha value is -0.530. The van der Waals surface area contributed by atoms with Crippen molar-refractivity contribution in [1.82, 2.24) is 4.90 Å². The van der Waals surface area contributed by atoms with Crippen LogP contribution in [0.2, 0.25) is 5.02 Å². The predicted molar refractivity (Wildman–Crippen MR) is 65.5 cm³/mol. The van der Waals surface area contributed by atoms with E-state index >= 15 is 0 Å². The normalized spacial score (nSPS) is 27.9. The highest BCUT2D eigenvalue weighted by atomic mass is 35.5. The Morgan fingerprint density at radius 2 is 1.93 bits per heavy atom. The quantitative estimate of drug-likeness (QED) is 0.706. The van der Waals surface area contributed by atoms with Gasteiger partial charge < -0.3 is 4.90 Å². The van der Waals surface area contributed by atoms with Gasteiger partial charge >= 0.3 is 0 Å². The van der Waals surface area contributed by atoms with Crippen molar-refractivity contribution in [3.63, 3.8) is 0 Å². The summed E-state index contributed by atoms with van der Waals surface area (Å²) in [5.74, 6) is 1.45. The van der Waals surface area contributed by atoms with Crippen LogP contribution in [0.4, 0.5) is 0 Å². The van der Waals surface area contributed by atoms with E-state index in [1.807, 2.05) is 12.1 Å². The summed E-state index contributed by atoms with van der Waals surface area (Å²) in [6.45, 7) is 4.75. The smallest absolute Gasteiger partial charge is 0.0406 e. The lowest BCUT2D eigenvalue weighted by Gasteiger charge is -2.35. The highest BCUT2D eigenvalue weighted by Gasteiger charge is 2.25. The molecule has 1 aromatic rings. The minimum atomic E-state index is 0.707. The Kier molecular flexibility index (Phi) is 3.32. The molecule has 1 aliphatic rings. The van der Waals surface area contributed by atoms with E-state index in [4.69, 9.17) is 11.6 Å². The average molecular weight is 224 g/mol. The van der Waals surface area contributed by atoms with E-state index in [1.165, 1.54) is 25.1 Å². The van der Waals surface area contributed by atoms with Crippen LogP contribution in [0, 0.1) is 5.92 Å². The maximum absolute atomic E-state index is 5.90. The van der Waals surface area contributed by atoms with Gasteiger partial charge in [-0.25, -0.2) is 0 Å². The molecule has 1 aliphatic heterocycles. The highest BCUT2D eigenvalue weighted by Crippen LogP contribution is 2.32. The third kappa shape index (κ3) is 2.53. The van der Waals surface area contributed by atoms with Gasteiger partial charge in [-0.1, -0.05) is 30.7 Å². The molecule has 0 aliphatic carbocycles. The molecule has 1 nitrogen and oxygen atoms in total. The fraction of sp³-hybridized carbons (Fsp3) is 0.538. The van der Waals surface area contributed by atoms with Gasteiger partial charge in [0.25, 0.3) is 0 Å². The molecular formula is C13H18ClN. The zero-order valence-corrected chi connectivity index (χ0v) is 10.2. The van der Waals surface area contributed by atoms with Crippen molar-refractivity contribution in [1.29, 1.82) is 0 Å². The minimum absolute atomic E-state index is 0.707. The molecule has 82 valence electrons. The van der Waals surface area contributed by atoms with Crippen molar-refractivity contribution < 1.29 is 0 Å². The summed E-state index contributed by atoms with van der Waals surface area (Å²) in [7, 11) is 2.20. The highest BCUT2D eigenvalue weighted by molar-refractivity contribution is 6.30. The molecule has 0 radical (unpaired) electrons. The first-order valence-electron chi connectivity index (χ1n) is 5.61. The average Bonchev–Trinajstić information content (AvgIpc) is 2.20. The van der Waals surface area contributed by atoms with E-state index in [-0.39, 0.29) is 0 Å². The van der Waals surface area contributed by atoms with Crippen LogP contribution in [-0.2, 0) is 0 Å². The van der Waals surface area contributed by atoms with Crippen molar-refractivity contribution in [2.24, 2.45) is 5.92 Å². The van der Waals surface area contributed by atoms with Gasteiger partial charge in [0.2, 0.25) is 0 Å². The van der Waals surface area contributed by atoms with Gasteiger partial charge in [-0.2, -0.15) is 0 Å². The molecule has 1 saturated heterocycles. The molecule has 0 bridgehead atoms. The van der Waals surface area contributed by atoms with Gasteiger partial charge in [0.15, 0.2) is 0 Å². The molecule has 1 unspecified atom stereocenters. The van der Waals surface area contributed by atoms with Gasteiger partial charge in [-0.3, -0.25) is 0 Å². The third-order valence-electron chi connectivity index (χ3n) is 3.41. The van der Waals surface area contributed by atoms with Crippen LogP contribution in [0.3, 0.4) is 0 Å². The molecule has 0 N–H and O–H groups in total. The number of hydrogen-bond acceptors (Lipinski definition) is 1. The van der Waals surface area contributed by atoms with E-state index in [0.29, 0.717) is 5.92 Å². The summed E-state index contributed by atoms with van der Waals surface area (Å²) in [4.78, 5) is 2.41. The third-order valence-corrected chi connectivity index (χ3v) is 3.66. The molecular weight excluding hydrogens is 206 g/mol.